The van der Waals surface area contributed by atoms with E-state index in [0.29, 0.717) is 24.3 Å². The molecule has 0 saturated carbocycles. The third-order valence-electron chi connectivity index (χ3n) is 3.89. The van der Waals surface area contributed by atoms with E-state index in [1.807, 2.05) is 6.07 Å². The van der Waals surface area contributed by atoms with E-state index < -0.39 is 0 Å². The van der Waals surface area contributed by atoms with E-state index in [1.165, 1.54) is 24.3 Å². The van der Waals surface area contributed by atoms with Crippen molar-refractivity contribution in [3.8, 4) is 5.75 Å². The van der Waals surface area contributed by atoms with Crippen LogP contribution in [0.3, 0.4) is 0 Å². The summed E-state index contributed by atoms with van der Waals surface area (Å²) >= 11 is 0. The number of hydrogen-bond acceptors (Lipinski definition) is 3. The van der Waals surface area contributed by atoms with Gasteiger partial charge < -0.3 is 15.4 Å². The zero-order chi connectivity index (χ0) is 16.9. The molecule has 0 radical (unpaired) electrons. The van der Waals surface area contributed by atoms with Crippen LogP contribution in [0.1, 0.15) is 17.5 Å². The van der Waals surface area contributed by atoms with E-state index in [1.54, 1.807) is 6.07 Å². The molecule has 0 aliphatic carbocycles. The first-order valence-electron chi connectivity index (χ1n) is 7.82. The third kappa shape index (κ3) is 3.89. The van der Waals surface area contributed by atoms with Crippen molar-refractivity contribution in [2.75, 3.05) is 18.5 Å². The van der Waals surface area contributed by atoms with Gasteiger partial charge in [0.25, 0.3) is 0 Å². The molecule has 3 rings (SSSR count). The monoisotopic (exact) mass is 332 g/mol. The second kappa shape index (κ2) is 7.40. The minimum Gasteiger partial charge on any atom is -0.493 e. The first-order valence-corrected chi connectivity index (χ1v) is 7.82. The van der Waals surface area contributed by atoms with E-state index in [-0.39, 0.29) is 36.3 Å². The number of nitrogens with one attached hydrogen (secondary N) is 2. The largest absolute Gasteiger partial charge is 0.493 e. The van der Waals surface area contributed by atoms with Gasteiger partial charge >= 0.3 is 0 Å². The molecule has 2 aromatic carbocycles. The molecule has 0 fully saturated rings. The number of benzene rings is 2. The summed E-state index contributed by atoms with van der Waals surface area (Å²) in [4.78, 5) is 11.9. The smallest absolute Gasteiger partial charge is 0.227 e. The molecule has 1 amide bonds. The van der Waals surface area contributed by atoms with Crippen LogP contribution in [0.25, 0.3) is 0 Å². The standard InChI is InChI=1S/C18H18F2N2O2/c19-13-2-4-14(5-3-13)24-10-8-17(23)22-16-6-1-12-11-21-9-7-15(12)18(16)20/h1-6,21H,7-11H2,(H,22,23). The molecule has 1 aliphatic rings. The summed E-state index contributed by atoms with van der Waals surface area (Å²) in [7, 11) is 0. The van der Waals surface area contributed by atoms with Gasteiger partial charge in [-0.3, -0.25) is 4.79 Å². The van der Waals surface area contributed by atoms with Crippen molar-refractivity contribution in [2.24, 2.45) is 0 Å². The van der Waals surface area contributed by atoms with Gasteiger partial charge in [0.15, 0.2) is 0 Å². The molecular formula is C18H18F2N2O2. The van der Waals surface area contributed by atoms with Crippen molar-refractivity contribution < 1.29 is 18.3 Å². The van der Waals surface area contributed by atoms with Crippen molar-refractivity contribution in [3.63, 3.8) is 0 Å². The van der Waals surface area contributed by atoms with Gasteiger partial charge in [-0.15, -0.1) is 0 Å². The van der Waals surface area contributed by atoms with Crippen molar-refractivity contribution in [1.29, 1.82) is 0 Å². The van der Waals surface area contributed by atoms with E-state index >= 15 is 0 Å². The van der Waals surface area contributed by atoms with Crippen molar-refractivity contribution in [1.82, 2.24) is 5.32 Å². The average Bonchev–Trinajstić information content (AvgIpc) is 2.59. The fourth-order valence-electron chi connectivity index (χ4n) is 2.64. The second-order valence-corrected chi connectivity index (χ2v) is 5.59. The Hall–Kier alpha value is -2.47. The lowest BCUT2D eigenvalue weighted by Gasteiger charge is -2.19. The minimum absolute atomic E-state index is 0.0788. The normalized spacial score (nSPS) is 13.2. The molecule has 0 atom stereocenters. The predicted molar refractivity (Wildman–Crippen MR) is 87.0 cm³/mol. The summed E-state index contributed by atoms with van der Waals surface area (Å²) in [6.45, 7) is 1.51. The summed E-state index contributed by atoms with van der Waals surface area (Å²) in [5.74, 6) is -0.554. The lowest BCUT2D eigenvalue weighted by Crippen LogP contribution is -2.25. The zero-order valence-electron chi connectivity index (χ0n) is 13.1. The summed E-state index contributed by atoms with van der Waals surface area (Å²) in [5, 5.41) is 5.76. The lowest BCUT2D eigenvalue weighted by molar-refractivity contribution is -0.116. The number of rotatable bonds is 5. The van der Waals surface area contributed by atoms with Crippen LogP contribution in [-0.4, -0.2) is 19.1 Å². The molecule has 0 aromatic heterocycles. The molecule has 0 spiro atoms. The molecule has 6 heteroatoms. The molecule has 0 saturated heterocycles. The zero-order valence-corrected chi connectivity index (χ0v) is 13.1. The predicted octanol–water partition coefficient (Wildman–Crippen LogP) is 3.02. The number of carbonyl (C=O) groups is 1. The molecule has 1 aliphatic heterocycles. The number of fused-ring (bicyclic) bond motifs is 1. The highest BCUT2D eigenvalue weighted by molar-refractivity contribution is 5.91. The number of halogens is 2. The Morgan fingerprint density at radius 3 is 2.75 bits per heavy atom. The molecule has 0 unspecified atom stereocenters. The lowest BCUT2D eigenvalue weighted by atomic mass is 9.99. The highest BCUT2D eigenvalue weighted by Crippen LogP contribution is 2.24. The molecule has 4 nitrogen and oxygen atoms in total. The summed E-state index contributed by atoms with van der Waals surface area (Å²) in [6, 6.07) is 8.96. The average molecular weight is 332 g/mol. The van der Waals surface area contributed by atoms with Crippen LogP contribution in [0.15, 0.2) is 36.4 Å². The first-order chi connectivity index (χ1) is 11.6. The highest BCUT2D eigenvalue weighted by Gasteiger charge is 2.17. The van der Waals surface area contributed by atoms with E-state index in [9.17, 15) is 13.6 Å². The summed E-state index contributed by atoms with van der Waals surface area (Å²) in [6.07, 6.45) is 0.689. The Bertz CT molecular complexity index is 733. The maximum absolute atomic E-state index is 14.4. The Morgan fingerprint density at radius 1 is 1.17 bits per heavy atom. The Labute approximate surface area is 138 Å². The van der Waals surface area contributed by atoms with E-state index in [4.69, 9.17) is 4.74 Å². The van der Waals surface area contributed by atoms with Gasteiger partial charge in [-0.25, -0.2) is 8.78 Å². The Balaban J connectivity index is 1.54. The number of amides is 1. The summed E-state index contributed by atoms with van der Waals surface area (Å²) < 4.78 is 32.6. The number of hydrogen-bond donors (Lipinski definition) is 2. The van der Waals surface area contributed by atoms with Gasteiger partial charge in [-0.05, 0) is 54.4 Å². The molecular weight excluding hydrogens is 314 g/mol. The number of ether oxygens (including phenoxy) is 1. The molecule has 2 aromatic rings. The van der Waals surface area contributed by atoms with Gasteiger partial charge in [-0.1, -0.05) is 6.07 Å². The van der Waals surface area contributed by atoms with Crippen molar-refractivity contribution >= 4 is 11.6 Å². The fourth-order valence-corrected chi connectivity index (χ4v) is 2.64. The van der Waals surface area contributed by atoms with Crippen LogP contribution >= 0.6 is 0 Å². The molecule has 2 N–H and O–H groups in total. The minimum atomic E-state index is -0.359. The van der Waals surface area contributed by atoms with Crippen molar-refractivity contribution in [3.05, 3.63) is 59.2 Å². The van der Waals surface area contributed by atoms with Gasteiger partial charge in [0.05, 0.1) is 18.7 Å². The van der Waals surface area contributed by atoms with Crippen LogP contribution in [0, 0.1) is 11.6 Å². The quantitative estimate of drug-likeness (QED) is 0.885. The topological polar surface area (TPSA) is 50.4 Å². The summed E-state index contributed by atoms with van der Waals surface area (Å²) in [5.41, 5.74) is 1.79. The fraction of sp³-hybridized carbons (Fsp3) is 0.278. The Kier molecular flexibility index (Phi) is 5.05. The van der Waals surface area contributed by atoms with Crippen LogP contribution < -0.4 is 15.4 Å². The van der Waals surface area contributed by atoms with Crippen LogP contribution in [-0.2, 0) is 17.8 Å². The van der Waals surface area contributed by atoms with Gasteiger partial charge in [0.2, 0.25) is 5.91 Å². The van der Waals surface area contributed by atoms with E-state index in [2.05, 4.69) is 10.6 Å². The van der Waals surface area contributed by atoms with Gasteiger partial charge in [-0.2, -0.15) is 0 Å². The van der Waals surface area contributed by atoms with Crippen molar-refractivity contribution in [2.45, 2.75) is 19.4 Å². The van der Waals surface area contributed by atoms with Crippen LogP contribution in [0.4, 0.5) is 14.5 Å². The maximum atomic E-state index is 14.4. The highest BCUT2D eigenvalue weighted by atomic mass is 19.1. The van der Waals surface area contributed by atoms with Crippen LogP contribution in [0.5, 0.6) is 5.75 Å². The third-order valence-corrected chi connectivity index (χ3v) is 3.89. The molecule has 1 heterocycles. The number of carbonyl (C=O) groups excluding carboxylic acids is 1. The van der Waals surface area contributed by atoms with Crippen LogP contribution in [0.2, 0.25) is 0 Å². The first kappa shape index (κ1) is 16.4. The van der Waals surface area contributed by atoms with Gasteiger partial charge in [0.1, 0.15) is 17.4 Å². The van der Waals surface area contributed by atoms with Gasteiger partial charge in [0, 0.05) is 6.54 Å². The Morgan fingerprint density at radius 2 is 1.96 bits per heavy atom. The molecule has 0 bridgehead atoms. The second-order valence-electron chi connectivity index (χ2n) is 5.59. The number of anilines is 1. The van der Waals surface area contributed by atoms with E-state index in [0.717, 1.165) is 12.1 Å². The molecule has 24 heavy (non-hydrogen) atoms. The molecule has 126 valence electrons. The maximum Gasteiger partial charge on any atom is 0.227 e. The SMILES string of the molecule is O=C(CCOc1ccc(F)cc1)Nc1ccc2c(c1F)CCNC2.